The van der Waals surface area contributed by atoms with E-state index in [1.165, 1.54) is 30.5 Å². The normalized spacial score (nSPS) is 14.6. The lowest BCUT2D eigenvalue weighted by molar-refractivity contribution is 0.709. The molecule has 1 aliphatic carbocycles. The highest BCUT2D eigenvalue weighted by atomic mass is 79.9. The van der Waals surface area contributed by atoms with Crippen molar-refractivity contribution in [3.05, 3.63) is 25.6 Å². The summed E-state index contributed by atoms with van der Waals surface area (Å²) in [5.41, 5.74) is 2.56. The third-order valence-electron chi connectivity index (χ3n) is 3.64. The summed E-state index contributed by atoms with van der Waals surface area (Å²) >= 11 is 8.76. The molecule has 0 amide bonds. The Morgan fingerprint density at radius 1 is 1.19 bits per heavy atom. The van der Waals surface area contributed by atoms with Crippen LogP contribution in [0.1, 0.15) is 37.4 Å². The monoisotopic (exact) mass is 429 g/mol. The number of nitrogens with zero attached hydrogens (tertiary/aromatic N) is 2. The fraction of sp³-hybridized carbons (Fsp3) is 0.467. The van der Waals surface area contributed by atoms with E-state index in [1.54, 1.807) is 11.3 Å². The van der Waals surface area contributed by atoms with Gasteiger partial charge in [-0.05, 0) is 70.5 Å². The molecule has 3 nitrogen and oxygen atoms in total. The van der Waals surface area contributed by atoms with Gasteiger partial charge in [-0.25, -0.2) is 9.97 Å². The van der Waals surface area contributed by atoms with Gasteiger partial charge in [0.1, 0.15) is 5.82 Å². The molecule has 0 aromatic carbocycles. The van der Waals surface area contributed by atoms with Crippen molar-refractivity contribution < 1.29 is 0 Å². The number of thiophene rings is 1. The van der Waals surface area contributed by atoms with E-state index in [2.05, 4.69) is 50.2 Å². The predicted octanol–water partition coefficient (Wildman–Crippen LogP) is 5.43. The Balaban J connectivity index is 2.09. The molecule has 1 aliphatic rings. The third-order valence-corrected chi connectivity index (χ3v) is 6.90. The number of aryl methyl sites for hydroxylation is 1. The number of rotatable bonds is 3. The van der Waals surface area contributed by atoms with E-state index in [4.69, 9.17) is 9.97 Å². The fourth-order valence-electron chi connectivity index (χ4n) is 2.65. The third kappa shape index (κ3) is 3.32. The molecule has 6 heteroatoms. The molecule has 1 N–H and O–H groups in total. The molecule has 2 aromatic heterocycles. The molecule has 2 aromatic rings. The molecule has 0 atom stereocenters. The Kier molecular flexibility index (Phi) is 4.96. The first-order valence-corrected chi connectivity index (χ1v) is 9.68. The highest BCUT2D eigenvalue weighted by Crippen LogP contribution is 2.38. The van der Waals surface area contributed by atoms with Gasteiger partial charge in [-0.15, -0.1) is 11.3 Å². The Morgan fingerprint density at radius 2 is 2.00 bits per heavy atom. The molecule has 0 bridgehead atoms. The second-order valence-electron chi connectivity index (χ2n) is 5.14. The largest absolute Gasteiger partial charge is 0.370 e. The van der Waals surface area contributed by atoms with Crippen molar-refractivity contribution in [3.8, 4) is 10.7 Å². The van der Waals surface area contributed by atoms with E-state index in [0.29, 0.717) is 0 Å². The van der Waals surface area contributed by atoms with Crippen LogP contribution in [-0.4, -0.2) is 16.5 Å². The second kappa shape index (κ2) is 6.75. The standard InChI is InChI=1S/C15H17Br2N3S/c1-2-18-14-9-6-4-3-5-7-11(9)19-15(20-14)12-8-10(16)13(17)21-12/h8H,2-7H2,1H3,(H,18,19,20). The zero-order valence-electron chi connectivity index (χ0n) is 11.9. The maximum atomic E-state index is 4.86. The van der Waals surface area contributed by atoms with Crippen LogP contribution in [0.4, 0.5) is 5.82 Å². The summed E-state index contributed by atoms with van der Waals surface area (Å²) in [6, 6.07) is 2.09. The molecule has 2 heterocycles. The van der Waals surface area contributed by atoms with Gasteiger partial charge < -0.3 is 5.32 Å². The molecule has 3 rings (SSSR count). The summed E-state index contributed by atoms with van der Waals surface area (Å²) < 4.78 is 2.15. The lowest BCUT2D eigenvalue weighted by Crippen LogP contribution is -2.09. The summed E-state index contributed by atoms with van der Waals surface area (Å²) in [6.07, 6.45) is 5.91. The number of halogens is 2. The number of nitrogens with one attached hydrogen (secondary N) is 1. The molecular formula is C15H17Br2N3S. The molecule has 0 radical (unpaired) electrons. The lowest BCUT2D eigenvalue weighted by Gasteiger charge is -2.13. The van der Waals surface area contributed by atoms with Gasteiger partial charge in [0.05, 0.1) is 8.66 Å². The van der Waals surface area contributed by atoms with Crippen LogP contribution in [0.25, 0.3) is 10.7 Å². The average molecular weight is 431 g/mol. The summed E-state index contributed by atoms with van der Waals surface area (Å²) in [7, 11) is 0. The van der Waals surface area contributed by atoms with Gasteiger partial charge in [-0.1, -0.05) is 6.42 Å². The van der Waals surface area contributed by atoms with E-state index in [1.807, 2.05) is 0 Å². The van der Waals surface area contributed by atoms with Crippen LogP contribution in [0.3, 0.4) is 0 Å². The van der Waals surface area contributed by atoms with Gasteiger partial charge in [-0.2, -0.15) is 0 Å². The van der Waals surface area contributed by atoms with Crippen molar-refractivity contribution in [2.75, 3.05) is 11.9 Å². The minimum Gasteiger partial charge on any atom is -0.370 e. The summed E-state index contributed by atoms with van der Waals surface area (Å²) in [4.78, 5) is 10.7. The van der Waals surface area contributed by atoms with Crippen LogP contribution in [0, 0.1) is 0 Å². The number of aromatic nitrogens is 2. The summed E-state index contributed by atoms with van der Waals surface area (Å²) in [5, 5.41) is 3.43. The van der Waals surface area contributed by atoms with Crippen LogP contribution < -0.4 is 5.32 Å². The van der Waals surface area contributed by atoms with Crippen LogP contribution in [0.15, 0.2) is 14.3 Å². The van der Waals surface area contributed by atoms with E-state index in [0.717, 1.165) is 44.2 Å². The molecule has 0 saturated heterocycles. The Morgan fingerprint density at radius 3 is 2.71 bits per heavy atom. The first kappa shape index (κ1) is 15.4. The second-order valence-corrected chi connectivity index (χ2v) is 8.37. The predicted molar refractivity (Wildman–Crippen MR) is 96.2 cm³/mol. The van der Waals surface area contributed by atoms with Crippen molar-refractivity contribution in [2.45, 2.75) is 39.0 Å². The lowest BCUT2D eigenvalue weighted by atomic mass is 10.1. The molecule has 0 aliphatic heterocycles. The molecule has 0 fully saturated rings. The van der Waals surface area contributed by atoms with Gasteiger partial charge in [0.2, 0.25) is 0 Å². The first-order valence-electron chi connectivity index (χ1n) is 7.28. The van der Waals surface area contributed by atoms with Crippen molar-refractivity contribution >= 4 is 49.0 Å². The zero-order valence-corrected chi connectivity index (χ0v) is 15.9. The molecular weight excluding hydrogens is 414 g/mol. The molecule has 0 saturated carbocycles. The molecule has 112 valence electrons. The average Bonchev–Trinajstić information content (AvgIpc) is 2.68. The first-order chi connectivity index (χ1) is 10.2. The van der Waals surface area contributed by atoms with Crippen molar-refractivity contribution in [3.63, 3.8) is 0 Å². The molecule has 0 spiro atoms. The number of hydrogen-bond acceptors (Lipinski definition) is 4. The highest BCUT2D eigenvalue weighted by molar-refractivity contribution is 9.13. The number of anilines is 1. The topological polar surface area (TPSA) is 37.8 Å². The van der Waals surface area contributed by atoms with Crippen LogP contribution >= 0.6 is 43.2 Å². The van der Waals surface area contributed by atoms with Crippen molar-refractivity contribution in [2.24, 2.45) is 0 Å². The maximum Gasteiger partial charge on any atom is 0.171 e. The summed E-state index contributed by atoms with van der Waals surface area (Å²) in [5.74, 6) is 1.86. The minimum atomic E-state index is 0.836. The highest BCUT2D eigenvalue weighted by Gasteiger charge is 2.18. The fourth-order valence-corrected chi connectivity index (χ4v) is 4.62. The van der Waals surface area contributed by atoms with Crippen LogP contribution in [0.5, 0.6) is 0 Å². The van der Waals surface area contributed by atoms with Crippen molar-refractivity contribution in [1.82, 2.24) is 9.97 Å². The van der Waals surface area contributed by atoms with E-state index in [-0.39, 0.29) is 0 Å². The van der Waals surface area contributed by atoms with Gasteiger partial charge in [0.25, 0.3) is 0 Å². The number of hydrogen-bond donors (Lipinski definition) is 1. The van der Waals surface area contributed by atoms with E-state index >= 15 is 0 Å². The quantitative estimate of drug-likeness (QED) is 0.659. The molecule has 0 unspecified atom stereocenters. The zero-order chi connectivity index (χ0) is 14.8. The van der Waals surface area contributed by atoms with E-state index < -0.39 is 0 Å². The minimum absolute atomic E-state index is 0.836. The van der Waals surface area contributed by atoms with Gasteiger partial charge in [0, 0.05) is 22.3 Å². The smallest absolute Gasteiger partial charge is 0.171 e. The van der Waals surface area contributed by atoms with Gasteiger partial charge >= 0.3 is 0 Å². The number of fused-ring (bicyclic) bond motifs is 1. The Bertz CT molecular complexity index is 635. The summed E-state index contributed by atoms with van der Waals surface area (Å²) in [6.45, 7) is 3.00. The maximum absolute atomic E-state index is 4.86. The Hall–Kier alpha value is -0.460. The molecule has 21 heavy (non-hydrogen) atoms. The SMILES string of the molecule is CCNc1nc(-c2cc(Br)c(Br)s2)nc2c1CCCCC2. The van der Waals surface area contributed by atoms with Gasteiger partial charge in [0.15, 0.2) is 5.82 Å². The van der Waals surface area contributed by atoms with Gasteiger partial charge in [-0.3, -0.25) is 0 Å². The van der Waals surface area contributed by atoms with Crippen molar-refractivity contribution in [1.29, 1.82) is 0 Å². The van der Waals surface area contributed by atoms with E-state index in [9.17, 15) is 0 Å². The Labute approximate surface area is 145 Å². The van der Waals surface area contributed by atoms with Crippen LogP contribution in [0.2, 0.25) is 0 Å². The van der Waals surface area contributed by atoms with Crippen LogP contribution in [-0.2, 0) is 12.8 Å².